The average Bonchev–Trinajstić information content (AvgIpc) is 2.21. The van der Waals surface area contributed by atoms with Crippen LogP contribution in [0.15, 0.2) is 0 Å². The van der Waals surface area contributed by atoms with Gasteiger partial charge in [0.15, 0.2) is 0 Å². The van der Waals surface area contributed by atoms with E-state index in [-0.39, 0.29) is 12.8 Å². The monoisotopic (exact) mass is 231 g/mol. The van der Waals surface area contributed by atoms with Gasteiger partial charge in [0.1, 0.15) is 6.04 Å². The Bertz CT molecular complexity index is 218. The normalized spacial score (nSPS) is 12.3. The second-order valence-electron chi connectivity index (χ2n) is 3.84. The van der Waals surface area contributed by atoms with E-state index in [9.17, 15) is 9.59 Å². The Morgan fingerprint density at radius 1 is 1.19 bits per heavy atom. The van der Waals surface area contributed by atoms with Crippen LogP contribution in [0.25, 0.3) is 0 Å². The molecule has 0 amide bonds. The molecule has 0 aromatic carbocycles. The molecule has 3 N–H and O–H groups in total. The summed E-state index contributed by atoms with van der Waals surface area (Å²) in [6.45, 7) is 2.75. The van der Waals surface area contributed by atoms with Crippen LogP contribution in [0.1, 0.15) is 45.4 Å². The molecule has 0 rings (SSSR count). The molecule has 0 saturated carbocycles. The first-order valence-electron chi connectivity index (χ1n) is 5.76. The molecule has 1 unspecified atom stereocenters. The quantitative estimate of drug-likeness (QED) is 0.496. The first-order valence-corrected chi connectivity index (χ1v) is 5.76. The van der Waals surface area contributed by atoms with Crippen LogP contribution in [0.4, 0.5) is 0 Å². The smallest absolute Gasteiger partial charge is 0.320 e. The molecule has 0 spiro atoms. The fraction of sp³-hybridized carbons (Fsp3) is 0.818. The van der Waals surface area contributed by atoms with E-state index in [4.69, 9.17) is 10.2 Å². The maximum Gasteiger partial charge on any atom is 0.320 e. The van der Waals surface area contributed by atoms with Crippen LogP contribution in [0, 0.1) is 0 Å². The maximum absolute atomic E-state index is 10.8. The zero-order valence-electron chi connectivity index (χ0n) is 9.74. The van der Waals surface area contributed by atoms with Gasteiger partial charge in [-0.2, -0.15) is 0 Å². The van der Waals surface area contributed by atoms with E-state index in [1.165, 1.54) is 0 Å². The highest BCUT2D eigenvalue weighted by Gasteiger charge is 2.17. The molecule has 0 bridgehead atoms. The minimum atomic E-state index is -0.975. The first-order chi connectivity index (χ1) is 7.57. The number of carboxylic acids is 2. The van der Waals surface area contributed by atoms with Crippen molar-refractivity contribution in [1.82, 2.24) is 5.32 Å². The van der Waals surface area contributed by atoms with Crippen molar-refractivity contribution in [2.45, 2.75) is 51.5 Å². The van der Waals surface area contributed by atoms with Crippen molar-refractivity contribution >= 4 is 11.9 Å². The van der Waals surface area contributed by atoms with E-state index in [1.807, 2.05) is 0 Å². The molecular weight excluding hydrogens is 210 g/mol. The van der Waals surface area contributed by atoms with Crippen molar-refractivity contribution in [1.29, 1.82) is 0 Å². The molecule has 0 aromatic heterocycles. The third-order valence-electron chi connectivity index (χ3n) is 2.37. The Balaban J connectivity index is 3.68. The summed E-state index contributed by atoms with van der Waals surface area (Å²) in [5, 5.41) is 20.2. The van der Waals surface area contributed by atoms with Gasteiger partial charge in [-0.05, 0) is 19.4 Å². The molecule has 0 radical (unpaired) electrons. The molecular formula is C11H21NO4. The number of rotatable bonds is 10. The summed E-state index contributed by atoms with van der Waals surface area (Å²) >= 11 is 0. The first kappa shape index (κ1) is 14.9. The SMILES string of the molecule is CCCCCCNC(CCC(=O)O)C(=O)O. The number of aliphatic carboxylic acids is 2. The Morgan fingerprint density at radius 2 is 1.88 bits per heavy atom. The van der Waals surface area contributed by atoms with Gasteiger partial charge in [0.25, 0.3) is 0 Å². The van der Waals surface area contributed by atoms with Gasteiger partial charge in [-0.1, -0.05) is 26.2 Å². The zero-order valence-corrected chi connectivity index (χ0v) is 9.74. The molecule has 0 aliphatic carbocycles. The van der Waals surface area contributed by atoms with Gasteiger partial charge >= 0.3 is 11.9 Å². The summed E-state index contributed by atoms with van der Waals surface area (Å²) in [6.07, 6.45) is 4.33. The minimum absolute atomic E-state index is 0.112. The van der Waals surface area contributed by atoms with Crippen LogP contribution >= 0.6 is 0 Å². The van der Waals surface area contributed by atoms with Crippen LogP contribution in [-0.4, -0.2) is 34.7 Å². The van der Waals surface area contributed by atoms with Crippen molar-refractivity contribution in [3.8, 4) is 0 Å². The Hall–Kier alpha value is -1.10. The predicted octanol–water partition coefficient (Wildman–Crippen LogP) is 1.47. The Morgan fingerprint density at radius 3 is 2.38 bits per heavy atom. The highest BCUT2D eigenvalue weighted by Crippen LogP contribution is 2.01. The molecule has 0 aliphatic heterocycles. The van der Waals surface area contributed by atoms with Gasteiger partial charge in [-0.15, -0.1) is 0 Å². The number of hydrogen-bond donors (Lipinski definition) is 3. The van der Waals surface area contributed by atoms with E-state index in [0.717, 1.165) is 25.7 Å². The molecule has 5 nitrogen and oxygen atoms in total. The van der Waals surface area contributed by atoms with Crippen LogP contribution < -0.4 is 5.32 Å². The third kappa shape index (κ3) is 8.23. The second kappa shape index (κ2) is 9.15. The maximum atomic E-state index is 10.8. The Kier molecular flexibility index (Phi) is 8.52. The van der Waals surface area contributed by atoms with E-state index in [1.54, 1.807) is 0 Å². The van der Waals surface area contributed by atoms with Gasteiger partial charge in [-0.25, -0.2) is 0 Å². The van der Waals surface area contributed by atoms with E-state index in [0.29, 0.717) is 6.54 Å². The average molecular weight is 231 g/mol. The van der Waals surface area contributed by atoms with Crippen LogP contribution in [0.3, 0.4) is 0 Å². The molecule has 94 valence electrons. The van der Waals surface area contributed by atoms with Gasteiger partial charge in [0.2, 0.25) is 0 Å². The third-order valence-corrected chi connectivity index (χ3v) is 2.37. The zero-order chi connectivity index (χ0) is 12.4. The fourth-order valence-electron chi connectivity index (χ4n) is 1.41. The van der Waals surface area contributed by atoms with Crippen LogP contribution in [-0.2, 0) is 9.59 Å². The van der Waals surface area contributed by atoms with Crippen molar-refractivity contribution in [2.24, 2.45) is 0 Å². The van der Waals surface area contributed by atoms with Crippen molar-refractivity contribution in [3.63, 3.8) is 0 Å². The topological polar surface area (TPSA) is 86.6 Å². The van der Waals surface area contributed by atoms with Crippen LogP contribution in [0.5, 0.6) is 0 Å². The molecule has 0 saturated heterocycles. The molecule has 1 atom stereocenters. The summed E-state index contributed by atoms with van der Waals surface area (Å²) in [7, 11) is 0. The lowest BCUT2D eigenvalue weighted by atomic mass is 10.1. The van der Waals surface area contributed by atoms with Crippen LogP contribution in [0.2, 0.25) is 0 Å². The second-order valence-corrected chi connectivity index (χ2v) is 3.84. The highest BCUT2D eigenvalue weighted by molar-refractivity contribution is 5.75. The summed E-state index contributed by atoms with van der Waals surface area (Å²) in [5.41, 5.74) is 0. The van der Waals surface area contributed by atoms with Gasteiger partial charge in [-0.3, -0.25) is 9.59 Å². The molecule has 0 heterocycles. The lowest BCUT2D eigenvalue weighted by Crippen LogP contribution is -2.37. The van der Waals surface area contributed by atoms with Crippen molar-refractivity contribution < 1.29 is 19.8 Å². The minimum Gasteiger partial charge on any atom is -0.481 e. The number of unbranched alkanes of at least 4 members (excludes halogenated alkanes) is 3. The summed E-state index contributed by atoms with van der Waals surface area (Å²) in [6, 6.07) is -0.738. The summed E-state index contributed by atoms with van der Waals surface area (Å²) in [4.78, 5) is 21.1. The van der Waals surface area contributed by atoms with Gasteiger partial charge in [0.05, 0.1) is 0 Å². The standard InChI is InChI=1S/C11H21NO4/c1-2-3-4-5-8-12-9(11(15)16)6-7-10(13)14/h9,12H,2-8H2,1H3,(H,13,14)(H,15,16). The molecule has 0 fully saturated rings. The molecule has 5 heteroatoms. The number of hydrogen-bond acceptors (Lipinski definition) is 3. The Labute approximate surface area is 95.9 Å². The van der Waals surface area contributed by atoms with Gasteiger partial charge in [0, 0.05) is 6.42 Å². The molecule has 0 aromatic rings. The van der Waals surface area contributed by atoms with Crippen molar-refractivity contribution in [3.05, 3.63) is 0 Å². The van der Waals surface area contributed by atoms with Crippen molar-refractivity contribution in [2.75, 3.05) is 6.54 Å². The van der Waals surface area contributed by atoms with Gasteiger partial charge < -0.3 is 15.5 Å². The lowest BCUT2D eigenvalue weighted by Gasteiger charge is -2.12. The summed E-state index contributed by atoms with van der Waals surface area (Å²) < 4.78 is 0. The fourth-order valence-corrected chi connectivity index (χ4v) is 1.41. The molecule has 0 aliphatic rings. The predicted molar refractivity (Wildman–Crippen MR) is 60.4 cm³/mol. The van der Waals surface area contributed by atoms with E-state index >= 15 is 0 Å². The number of nitrogens with one attached hydrogen (secondary N) is 1. The summed E-state index contributed by atoms with van der Waals surface area (Å²) in [5.74, 6) is -1.93. The van der Waals surface area contributed by atoms with E-state index < -0.39 is 18.0 Å². The lowest BCUT2D eigenvalue weighted by molar-refractivity contribution is -0.140. The highest BCUT2D eigenvalue weighted by atomic mass is 16.4. The van der Waals surface area contributed by atoms with E-state index in [2.05, 4.69) is 12.2 Å². The number of carbonyl (C=O) groups is 2. The molecule has 16 heavy (non-hydrogen) atoms. The number of carboxylic acid groups (broad SMARTS) is 2. The largest absolute Gasteiger partial charge is 0.481 e.